The standard InChI is InChI=1S/C14H13BrN2O4/c1-8-5-10(15)6-13(17(19)20)14(8)21-11-3-4-12(9(2)18)16-7-11/h3-7,9,18H,1-2H3/t9-/m0/s1. The van der Waals surface area contributed by atoms with Crippen LogP contribution in [0.2, 0.25) is 0 Å². The van der Waals surface area contributed by atoms with E-state index >= 15 is 0 Å². The second kappa shape index (κ2) is 6.19. The highest BCUT2D eigenvalue weighted by Gasteiger charge is 2.19. The zero-order valence-electron chi connectivity index (χ0n) is 11.4. The Hall–Kier alpha value is -1.99. The molecule has 0 aliphatic heterocycles. The summed E-state index contributed by atoms with van der Waals surface area (Å²) in [5.41, 5.74) is 1.02. The number of nitro benzene ring substituents is 1. The molecule has 0 saturated heterocycles. The van der Waals surface area contributed by atoms with Crippen LogP contribution in [0.3, 0.4) is 0 Å². The van der Waals surface area contributed by atoms with E-state index in [4.69, 9.17) is 4.74 Å². The molecule has 1 N–H and O–H groups in total. The first-order chi connectivity index (χ1) is 9.88. The quantitative estimate of drug-likeness (QED) is 0.665. The van der Waals surface area contributed by atoms with Crippen molar-refractivity contribution in [1.29, 1.82) is 0 Å². The van der Waals surface area contributed by atoms with Crippen LogP contribution in [0, 0.1) is 17.0 Å². The fourth-order valence-electron chi connectivity index (χ4n) is 1.80. The molecule has 110 valence electrons. The Morgan fingerprint density at radius 1 is 1.43 bits per heavy atom. The summed E-state index contributed by atoms with van der Waals surface area (Å²) in [5.74, 6) is 0.544. The van der Waals surface area contributed by atoms with Crippen molar-refractivity contribution in [1.82, 2.24) is 4.98 Å². The van der Waals surface area contributed by atoms with Gasteiger partial charge in [0.15, 0.2) is 0 Å². The average molecular weight is 353 g/mol. The summed E-state index contributed by atoms with van der Waals surface area (Å²) in [6.45, 7) is 3.33. The van der Waals surface area contributed by atoms with Crippen molar-refractivity contribution >= 4 is 21.6 Å². The Kier molecular flexibility index (Phi) is 4.54. The van der Waals surface area contributed by atoms with Crippen molar-refractivity contribution in [3.63, 3.8) is 0 Å². The molecular weight excluding hydrogens is 340 g/mol. The molecule has 1 heterocycles. The molecular formula is C14H13BrN2O4. The third-order valence-electron chi connectivity index (χ3n) is 2.82. The number of aliphatic hydroxyl groups is 1. The lowest BCUT2D eigenvalue weighted by atomic mass is 10.2. The maximum atomic E-state index is 11.1. The number of aryl methyl sites for hydroxylation is 1. The molecule has 0 unspecified atom stereocenters. The number of pyridine rings is 1. The van der Waals surface area contributed by atoms with Crippen LogP contribution in [-0.2, 0) is 0 Å². The van der Waals surface area contributed by atoms with E-state index in [1.807, 2.05) is 0 Å². The van der Waals surface area contributed by atoms with Crippen molar-refractivity contribution in [3.05, 3.63) is 56.3 Å². The second-order valence-corrected chi connectivity index (χ2v) is 5.44. The molecule has 2 aromatic rings. The van der Waals surface area contributed by atoms with Crippen LogP contribution in [0.4, 0.5) is 5.69 Å². The average Bonchev–Trinajstić information content (AvgIpc) is 2.41. The number of aliphatic hydroxyl groups excluding tert-OH is 1. The maximum absolute atomic E-state index is 11.1. The van der Waals surface area contributed by atoms with Gasteiger partial charge in [-0.3, -0.25) is 15.1 Å². The van der Waals surface area contributed by atoms with Crippen LogP contribution in [0.25, 0.3) is 0 Å². The number of hydrogen-bond donors (Lipinski definition) is 1. The molecule has 6 nitrogen and oxygen atoms in total. The first-order valence-corrected chi connectivity index (χ1v) is 6.94. The van der Waals surface area contributed by atoms with Gasteiger partial charge in [0.1, 0.15) is 5.75 Å². The van der Waals surface area contributed by atoms with Crippen molar-refractivity contribution < 1.29 is 14.8 Å². The van der Waals surface area contributed by atoms with Gasteiger partial charge in [0.2, 0.25) is 5.75 Å². The van der Waals surface area contributed by atoms with Crippen molar-refractivity contribution in [2.75, 3.05) is 0 Å². The highest BCUT2D eigenvalue weighted by molar-refractivity contribution is 9.10. The van der Waals surface area contributed by atoms with Gasteiger partial charge in [0.05, 0.1) is 22.9 Å². The highest BCUT2D eigenvalue weighted by Crippen LogP contribution is 2.37. The van der Waals surface area contributed by atoms with Gasteiger partial charge < -0.3 is 9.84 Å². The van der Waals surface area contributed by atoms with Gasteiger partial charge in [0.25, 0.3) is 0 Å². The molecule has 0 radical (unpaired) electrons. The zero-order chi connectivity index (χ0) is 15.6. The minimum absolute atomic E-state index is 0.124. The van der Waals surface area contributed by atoms with Crippen LogP contribution >= 0.6 is 15.9 Å². The molecule has 21 heavy (non-hydrogen) atoms. The van der Waals surface area contributed by atoms with E-state index in [9.17, 15) is 15.2 Å². The number of nitro groups is 1. The number of halogens is 1. The summed E-state index contributed by atoms with van der Waals surface area (Å²) in [6.07, 6.45) is 0.746. The maximum Gasteiger partial charge on any atom is 0.312 e. The summed E-state index contributed by atoms with van der Waals surface area (Å²) < 4.78 is 6.20. The normalized spacial score (nSPS) is 12.0. The smallest absolute Gasteiger partial charge is 0.312 e. The Morgan fingerprint density at radius 2 is 2.14 bits per heavy atom. The molecule has 0 spiro atoms. The molecule has 7 heteroatoms. The molecule has 0 fully saturated rings. The zero-order valence-corrected chi connectivity index (χ0v) is 13.0. The van der Waals surface area contributed by atoms with Crippen LogP contribution < -0.4 is 4.74 Å². The molecule has 0 saturated carbocycles. The molecule has 0 aliphatic rings. The molecule has 2 rings (SSSR count). The molecule has 0 amide bonds. The first-order valence-electron chi connectivity index (χ1n) is 6.15. The molecule has 0 aliphatic carbocycles. The monoisotopic (exact) mass is 352 g/mol. The lowest BCUT2D eigenvalue weighted by molar-refractivity contribution is -0.385. The van der Waals surface area contributed by atoms with Crippen LogP contribution in [-0.4, -0.2) is 15.0 Å². The van der Waals surface area contributed by atoms with Gasteiger partial charge in [-0.25, -0.2) is 0 Å². The van der Waals surface area contributed by atoms with E-state index in [1.54, 1.807) is 32.0 Å². The fraction of sp³-hybridized carbons (Fsp3) is 0.214. The summed E-state index contributed by atoms with van der Waals surface area (Å²) in [5, 5.41) is 20.5. The number of hydrogen-bond acceptors (Lipinski definition) is 5. The summed E-state index contributed by atoms with van der Waals surface area (Å²) in [7, 11) is 0. The van der Waals surface area contributed by atoms with Crippen LogP contribution in [0.1, 0.15) is 24.3 Å². The van der Waals surface area contributed by atoms with E-state index in [1.165, 1.54) is 12.3 Å². The van der Waals surface area contributed by atoms with Crippen LogP contribution in [0.5, 0.6) is 11.5 Å². The van der Waals surface area contributed by atoms with Gasteiger partial charge in [-0.15, -0.1) is 0 Å². The minimum atomic E-state index is -0.678. The van der Waals surface area contributed by atoms with Crippen LogP contribution in [0.15, 0.2) is 34.9 Å². The number of rotatable bonds is 4. The lowest BCUT2D eigenvalue weighted by Gasteiger charge is -2.10. The van der Waals surface area contributed by atoms with E-state index < -0.39 is 11.0 Å². The second-order valence-electron chi connectivity index (χ2n) is 4.52. The Bertz CT molecular complexity index is 671. The van der Waals surface area contributed by atoms with E-state index in [0.717, 1.165) is 0 Å². The molecule has 1 aromatic carbocycles. The van der Waals surface area contributed by atoms with Crippen molar-refractivity contribution in [2.24, 2.45) is 0 Å². The molecule has 0 bridgehead atoms. The number of nitrogens with zero attached hydrogens (tertiary/aromatic N) is 2. The topological polar surface area (TPSA) is 85.5 Å². The minimum Gasteiger partial charge on any atom is -0.448 e. The van der Waals surface area contributed by atoms with Gasteiger partial charge in [-0.1, -0.05) is 15.9 Å². The first kappa shape index (κ1) is 15.4. The third kappa shape index (κ3) is 3.56. The molecule has 1 atom stereocenters. The Labute approximate surface area is 129 Å². The van der Waals surface area contributed by atoms with Gasteiger partial charge in [-0.05, 0) is 37.6 Å². The molecule has 1 aromatic heterocycles. The Balaban J connectivity index is 2.37. The number of aromatic nitrogens is 1. The van der Waals surface area contributed by atoms with Gasteiger partial charge in [-0.2, -0.15) is 0 Å². The summed E-state index contributed by atoms with van der Waals surface area (Å²) in [4.78, 5) is 14.7. The fourth-order valence-corrected chi connectivity index (χ4v) is 2.36. The lowest BCUT2D eigenvalue weighted by Crippen LogP contribution is -1.98. The Morgan fingerprint density at radius 3 is 2.67 bits per heavy atom. The van der Waals surface area contributed by atoms with Crippen molar-refractivity contribution in [3.8, 4) is 11.5 Å². The number of benzene rings is 1. The summed E-state index contributed by atoms with van der Waals surface area (Å²) in [6, 6.07) is 6.35. The SMILES string of the molecule is Cc1cc(Br)cc([N+](=O)[O-])c1Oc1ccc([C@H](C)O)nc1. The summed E-state index contributed by atoms with van der Waals surface area (Å²) >= 11 is 3.23. The third-order valence-corrected chi connectivity index (χ3v) is 3.28. The predicted octanol–water partition coefficient (Wildman–Crippen LogP) is 3.91. The highest BCUT2D eigenvalue weighted by atomic mass is 79.9. The van der Waals surface area contributed by atoms with E-state index in [0.29, 0.717) is 21.5 Å². The van der Waals surface area contributed by atoms with E-state index in [-0.39, 0.29) is 11.4 Å². The number of ether oxygens (including phenoxy) is 1. The van der Waals surface area contributed by atoms with E-state index in [2.05, 4.69) is 20.9 Å². The van der Waals surface area contributed by atoms with Gasteiger partial charge in [0, 0.05) is 10.5 Å². The van der Waals surface area contributed by atoms with Gasteiger partial charge >= 0.3 is 5.69 Å². The van der Waals surface area contributed by atoms with Crippen molar-refractivity contribution in [2.45, 2.75) is 20.0 Å². The predicted molar refractivity (Wildman–Crippen MR) is 80.5 cm³/mol. The largest absolute Gasteiger partial charge is 0.448 e.